The second-order valence-electron chi connectivity index (χ2n) is 3.60. The Morgan fingerprint density at radius 3 is 2.69 bits per heavy atom. The van der Waals surface area contributed by atoms with E-state index in [9.17, 15) is 0 Å². The lowest BCUT2D eigenvalue weighted by Gasteiger charge is -2.01. The molecule has 2 aromatic rings. The Labute approximate surface area is 78.8 Å². The van der Waals surface area contributed by atoms with Gasteiger partial charge in [0.2, 0.25) is 0 Å². The van der Waals surface area contributed by atoms with Gasteiger partial charge in [0.15, 0.2) is 0 Å². The molecule has 0 unspecified atom stereocenters. The Morgan fingerprint density at radius 1 is 1.23 bits per heavy atom. The minimum Gasteiger partial charge on any atom is -0.361 e. The first kappa shape index (κ1) is 8.36. The molecule has 0 saturated heterocycles. The number of H-pyrrole nitrogens is 1. The lowest BCUT2D eigenvalue weighted by molar-refractivity contribution is 1.15. The summed E-state index contributed by atoms with van der Waals surface area (Å²) in [5.41, 5.74) is 5.45. The van der Waals surface area contributed by atoms with Crippen LogP contribution in [0, 0.1) is 13.8 Å². The highest BCUT2D eigenvalue weighted by Crippen LogP contribution is 2.23. The van der Waals surface area contributed by atoms with Crippen LogP contribution in [0.15, 0.2) is 18.3 Å². The Bertz CT molecular complexity index is 438. The van der Waals surface area contributed by atoms with Crippen molar-refractivity contribution in [2.24, 2.45) is 0 Å². The highest BCUT2D eigenvalue weighted by atomic mass is 14.7. The zero-order valence-corrected chi connectivity index (χ0v) is 8.44. The molecule has 0 radical (unpaired) electrons. The third-order valence-corrected chi connectivity index (χ3v) is 2.85. The van der Waals surface area contributed by atoms with Crippen molar-refractivity contribution in [1.29, 1.82) is 0 Å². The molecular formula is C12H15N. The lowest BCUT2D eigenvalue weighted by Crippen LogP contribution is -1.82. The standard InChI is InChI=1S/C12H15N/c1-4-10-7-13-12-9(3)8(2)5-6-11(10)12/h5-7,13H,4H2,1-3H3. The molecule has 13 heavy (non-hydrogen) atoms. The molecule has 0 amide bonds. The Hall–Kier alpha value is -1.24. The minimum atomic E-state index is 1.10. The number of aromatic amines is 1. The van der Waals surface area contributed by atoms with Gasteiger partial charge in [0, 0.05) is 17.1 Å². The molecule has 0 spiro atoms. The molecule has 1 heterocycles. The van der Waals surface area contributed by atoms with Gasteiger partial charge >= 0.3 is 0 Å². The molecule has 0 aliphatic carbocycles. The maximum atomic E-state index is 3.35. The number of nitrogens with one attached hydrogen (secondary N) is 1. The summed E-state index contributed by atoms with van der Waals surface area (Å²) in [6.07, 6.45) is 3.22. The van der Waals surface area contributed by atoms with Gasteiger partial charge in [-0.3, -0.25) is 0 Å². The van der Waals surface area contributed by atoms with Crippen molar-refractivity contribution >= 4 is 10.9 Å². The van der Waals surface area contributed by atoms with Crippen LogP contribution >= 0.6 is 0 Å². The van der Waals surface area contributed by atoms with E-state index in [-0.39, 0.29) is 0 Å². The average Bonchev–Trinajstić information content (AvgIpc) is 2.55. The van der Waals surface area contributed by atoms with E-state index < -0.39 is 0 Å². The number of benzene rings is 1. The van der Waals surface area contributed by atoms with Crippen LogP contribution in [-0.4, -0.2) is 4.98 Å². The number of hydrogen-bond donors (Lipinski definition) is 1. The molecule has 0 saturated carbocycles. The van der Waals surface area contributed by atoms with E-state index in [0.717, 1.165) is 6.42 Å². The average molecular weight is 173 g/mol. The van der Waals surface area contributed by atoms with Crippen LogP contribution in [-0.2, 0) is 6.42 Å². The van der Waals surface area contributed by atoms with Crippen LogP contribution in [0.3, 0.4) is 0 Å². The van der Waals surface area contributed by atoms with Gasteiger partial charge in [-0.1, -0.05) is 19.1 Å². The second kappa shape index (κ2) is 2.91. The van der Waals surface area contributed by atoms with E-state index in [2.05, 4.69) is 44.1 Å². The molecule has 68 valence electrons. The first-order valence-electron chi connectivity index (χ1n) is 4.80. The summed E-state index contributed by atoms with van der Waals surface area (Å²) in [7, 11) is 0. The fourth-order valence-corrected chi connectivity index (χ4v) is 1.80. The van der Waals surface area contributed by atoms with Crippen molar-refractivity contribution in [2.75, 3.05) is 0 Å². The topological polar surface area (TPSA) is 15.8 Å². The summed E-state index contributed by atoms with van der Waals surface area (Å²) >= 11 is 0. The molecule has 0 fully saturated rings. The SMILES string of the molecule is CCc1c[nH]c2c(C)c(C)ccc12. The number of rotatable bonds is 1. The highest BCUT2D eigenvalue weighted by Gasteiger charge is 2.04. The minimum absolute atomic E-state index is 1.10. The fourth-order valence-electron chi connectivity index (χ4n) is 1.80. The Balaban J connectivity index is 2.81. The van der Waals surface area contributed by atoms with Crippen molar-refractivity contribution in [3.63, 3.8) is 0 Å². The zero-order chi connectivity index (χ0) is 9.42. The summed E-state index contributed by atoms with van der Waals surface area (Å²) < 4.78 is 0. The van der Waals surface area contributed by atoms with Crippen LogP contribution in [0.25, 0.3) is 10.9 Å². The van der Waals surface area contributed by atoms with Gasteiger partial charge in [0.25, 0.3) is 0 Å². The largest absolute Gasteiger partial charge is 0.361 e. The van der Waals surface area contributed by atoms with Crippen molar-refractivity contribution < 1.29 is 0 Å². The molecule has 0 aliphatic rings. The van der Waals surface area contributed by atoms with Gasteiger partial charge in [0.1, 0.15) is 0 Å². The highest BCUT2D eigenvalue weighted by molar-refractivity contribution is 5.86. The normalized spacial score (nSPS) is 11.0. The molecule has 0 atom stereocenters. The van der Waals surface area contributed by atoms with Crippen molar-refractivity contribution in [2.45, 2.75) is 27.2 Å². The number of fused-ring (bicyclic) bond motifs is 1. The van der Waals surface area contributed by atoms with Gasteiger partial charge < -0.3 is 4.98 Å². The van der Waals surface area contributed by atoms with E-state index in [0.29, 0.717) is 0 Å². The maximum Gasteiger partial charge on any atom is 0.0489 e. The van der Waals surface area contributed by atoms with E-state index >= 15 is 0 Å². The summed E-state index contributed by atoms with van der Waals surface area (Å²) in [5, 5.41) is 1.38. The third-order valence-electron chi connectivity index (χ3n) is 2.85. The van der Waals surface area contributed by atoms with Gasteiger partial charge in [-0.15, -0.1) is 0 Å². The van der Waals surface area contributed by atoms with Crippen molar-refractivity contribution in [1.82, 2.24) is 4.98 Å². The summed E-state index contributed by atoms with van der Waals surface area (Å²) in [6, 6.07) is 4.41. The first-order valence-corrected chi connectivity index (χ1v) is 4.80. The summed E-state index contributed by atoms with van der Waals surface area (Å²) in [4.78, 5) is 3.35. The maximum absolute atomic E-state index is 3.35. The van der Waals surface area contributed by atoms with Gasteiger partial charge in [-0.25, -0.2) is 0 Å². The summed E-state index contributed by atoms with van der Waals surface area (Å²) in [5.74, 6) is 0. The number of aryl methyl sites for hydroxylation is 3. The van der Waals surface area contributed by atoms with E-state index in [1.807, 2.05) is 0 Å². The van der Waals surface area contributed by atoms with Crippen LogP contribution in [0.4, 0.5) is 0 Å². The van der Waals surface area contributed by atoms with Crippen LogP contribution in [0.5, 0.6) is 0 Å². The second-order valence-corrected chi connectivity index (χ2v) is 3.60. The first-order chi connectivity index (χ1) is 6.24. The number of hydrogen-bond acceptors (Lipinski definition) is 0. The predicted octanol–water partition coefficient (Wildman–Crippen LogP) is 3.35. The smallest absolute Gasteiger partial charge is 0.0489 e. The molecule has 2 rings (SSSR count). The van der Waals surface area contributed by atoms with Crippen molar-refractivity contribution in [3.8, 4) is 0 Å². The number of aromatic nitrogens is 1. The van der Waals surface area contributed by atoms with Gasteiger partial charge in [-0.2, -0.15) is 0 Å². The van der Waals surface area contributed by atoms with E-state index in [4.69, 9.17) is 0 Å². The van der Waals surface area contributed by atoms with E-state index in [1.54, 1.807) is 0 Å². The summed E-state index contributed by atoms with van der Waals surface area (Å²) in [6.45, 7) is 6.52. The van der Waals surface area contributed by atoms with Crippen LogP contribution in [0.2, 0.25) is 0 Å². The van der Waals surface area contributed by atoms with Crippen LogP contribution < -0.4 is 0 Å². The quantitative estimate of drug-likeness (QED) is 0.680. The molecule has 1 aromatic heterocycles. The van der Waals surface area contributed by atoms with Crippen LogP contribution in [0.1, 0.15) is 23.6 Å². The Morgan fingerprint density at radius 2 is 2.00 bits per heavy atom. The lowest BCUT2D eigenvalue weighted by atomic mass is 10.0. The fraction of sp³-hybridized carbons (Fsp3) is 0.333. The molecule has 1 N–H and O–H groups in total. The molecule has 1 nitrogen and oxygen atoms in total. The van der Waals surface area contributed by atoms with Crippen molar-refractivity contribution in [3.05, 3.63) is 35.0 Å². The third kappa shape index (κ3) is 1.15. The van der Waals surface area contributed by atoms with Gasteiger partial charge in [-0.05, 0) is 37.0 Å². The molecule has 0 bridgehead atoms. The van der Waals surface area contributed by atoms with Gasteiger partial charge in [0.05, 0.1) is 0 Å². The van der Waals surface area contributed by atoms with E-state index in [1.165, 1.54) is 27.6 Å². The molecule has 0 aliphatic heterocycles. The molecular weight excluding hydrogens is 158 g/mol. The Kier molecular flexibility index (Phi) is 1.87. The predicted molar refractivity (Wildman–Crippen MR) is 57.2 cm³/mol. The monoisotopic (exact) mass is 173 g/mol. The molecule has 1 aromatic carbocycles. The zero-order valence-electron chi connectivity index (χ0n) is 8.44. The molecule has 1 heteroatoms.